The van der Waals surface area contributed by atoms with Gasteiger partial charge in [-0.3, -0.25) is 0 Å². The normalized spacial score (nSPS) is 17.8. The van der Waals surface area contributed by atoms with Gasteiger partial charge in [0.05, 0.1) is 10.0 Å². The molecule has 8 heteroatoms. The highest BCUT2D eigenvalue weighted by Crippen LogP contribution is 2.28. The van der Waals surface area contributed by atoms with Crippen LogP contribution in [0.15, 0.2) is 18.2 Å². The van der Waals surface area contributed by atoms with Crippen molar-refractivity contribution in [2.45, 2.75) is 0 Å². The van der Waals surface area contributed by atoms with E-state index in [1.165, 1.54) is 8.61 Å². The van der Waals surface area contributed by atoms with Crippen LogP contribution >= 0.6 is 23.2 Å². The van der Waals surface area contributed by atoms with Gasteiger partial charge < -0.3 is 4.90 Å². The Kier molecular flexibility index (Phi) is 4.81. The summed E-state index contributed by atoms with van der Waals surface area (Å²) in [4.78, 5) is 2.10. The van der Waals surface area contributed by atoms with E-state index in [-0.39, 0.29) is 0 Å². The SMILES string of the molecule is CN(C)S(=O)(=O)N1CCN(c2ccc(Cl)c(Cl)c2)CC1. The summed E-state index contributed by atoms with van der Waals surface area (Å²) < 4.78 is 26.8. The highest BCUT2D eigenvalue weighted by atomic mass is 35.5. The van der Waals surface area contributed by atoms with Gasteiger partial charge in [0.25, 0.3) is 10.2 Å². The molecule has 1 aromatic rings. The standard InChI is InChI=1S/C12H17Cl2N3O2S/c1-15(2)20(18,19)17-7-5-16(6-8-17)10-3-4-11(13)12(14)9-10/h3-4,9H,5-8H2,1-2H3. The number of hydrogen-bond donors (Lipinski definition) is 0. The first kappa shape index (κ1) is 15.9. The summed E-state index contributed by atoms with van der Waals surface area (Å²) in [6, 6.07) is 5.45. The molecule has 1 aromatic carbocycles. The van der Waals surface area contributed by atoms with Crippen LogP contribution in [-0.4, -0.2) is 57.3 Å². The summed E-state index contributed by atoms with van der Waals surface area (Å²) in [5.41, 5.74) is 0.960. The molecular formula is C12H17Cl2N3O2S. The van der Waals surface area contributed by atoms with Gasteiger partial charge in [-0.1, -0.05) is 23.2 Å². The highest BCUT2D eigenvalue weighted by Gasteiger charge is 2.28. The second-order valence-corrected chi connectivity index (χ2v) is 7.73. The monoisotopic (exact) mass is 337 g/mol. The molecule has 1 aliphatic heterocycles. The Morgan fingerprint density at radius 2 is 1.65 bits per heavy atom. The van der Waals surface area contributed by atoms with Crippen LogP contribution in [0, 0.1) is 0 Å². The van der Waals surface area contributed by atoms with Gasteiger partial charge in [-0.25, -0.2) is 0 Å². The first-order valence-electron chi connectivity index (χ1n) is 6.20. The topological polar surface area (TPSA) is 43.9 Å². The Morgan fingerprint density at radius 1 is 1.05 bits per heavy atom. The van der Waals surface area contributed by atoms with Crippen molar-refractivity contribution < 1.29 is 8.42 Å². The summed E-state index contributed by atoms with van der Waals surface area (Å²) in [7, 11) is -0.243. The summed E-state index contributed by atoms with van der Waals surface area (Å²) >= 11 is 11.9. The van der Waals surface area contributed by atoms with Crippen LogP contribution in [0.1, 0.15) is 0 Å². The van der Waals surface area contributed by atoms with Crippen LogP contribution < -0.4 is 4.90 Å². The van der Waals surface area contributed by atoms with Gasteiger partial charge in [-0.15, -0.1) is 0 Å². The van der Waals surface area contributed by atoms with Gasteiger partial charge in [-0.05, 0) is 18.2 Å². The van der Waals surface area contributed by atoms with Crippen LogP contribution in [0.2, 0.25) is 10.0 Å². The average Bonchev–Trinajstić information content (AvgIpc) is 2.42. The minimum atomic E-state index is -3.33. The molecule has 0 N–H and O–H groups in total. The van der Waals surface area contributed by atoms with E-state index in [2.05, 4.69) is 4.90 Å². The predicted octanol–water partition coefficient (Wildman–Crippen LogP) is 1.92. The maximum atomic E-state index is 12.0. The second kappa shape index (κ2) is 6.07. The molecule has 0 radical (unpaired) electrons. The Hall–Kier alpha value is -0.530. The zero-order chi connectivity index (χ0) is 14.9. The quantitative estimate of drug-likeness (QED) is 0.846. The number of piperazine rings is 1. The molecule has 0 aliphatic carbocycles. The van der Waals surface area contributed by atoms with Crippen molar-refractivity contribution in [1.29, 1.82) is 0 Å². The van der Waals surface area contributed by atoms with Crippen molar-refractivity contribution in [2.75, 3.05) is 45.2 Å². The molecule has 112 valence electrons. The van der Waals surface area contributed by atoms with Crippen LogP contribution in [0.5, 0.6) is 0 Å². The van der Waals surface area contributed by atoms with Gasteiger partial charge >= 0.3 is 0 Å². The van der Waals surface area contributed by atoms with Gasteiger partial charge in [0.1, 0.15) is 0 Å². The molecule has 0 bridgehead atoms. The summed E-state index contributed by atoms with van der Waals surface area (Å²) in [5.74, 6) is 0. The summed E-state index contributed by atoms with van der Waals surface area (Å²) in [6.07, 6.45) is 0. The van der Waals surface area contributed by atoms with Crippen molar-refractivity contribution in [2.24, 2.45) is 0 Å². The molecule has 1 aliphatic rings. The summed E-state index contributed by atoms with van der Waals surface area (Å²) in [6.45, 7) is 2.18. The Balaban J connectivity index is 2.06. The van der Waals surface area contributed by atoms with Crippen molar-refractivity contribution in [3.63, 3.8) is 0 Å². The highest BCUT2D eigenvalue weighted by molar-refractivity contribution is 7.86. The molecule has 2 rings (SSSR count). The maximum Gasteiger partial charge on any atom is 0.281 e. The van der Waals surface area contributed by atoms with E-state index in [4.69, 9.17) is 23.2 Å². The van der Waals surface area contributed by atoms with E-state index in [0.29, 0.717) is 36.2 Å². The largest absolute Gasteiger partial charge is 0.369 e. The lowest BCUT2D eigenvalue weighted by Gasteiger charge is -2.36. The van der Waals surface area contributed by atoms with Gasteiger partial charge in [0, 0.05) is 46.0 Å². The third-order valence-corrected chi connectivity index (χ3v) is 5.97. The second-order valence-electron chi connectivity index (χ2n) is 4.77. The smallest absolute Gasteiger partial charge is 0.281 e. The molecule has 1 fully saturated rings. The molecule has 0 aromatic heterocycles. The zero-order valence-corrected chi connectivity index (χ0v) is 13.7. The zero-order valence-electron chi connectivity index (χ0n) is 11.4. The Bertz CT molecular complexity index is 584. The van der Waals surface area contributed by atoms with Crippen molar-refractivity contribution in [3.05, 3.63) is 28.2 Å². The Labute approximate surface area is 129 Å². The van der Waals surface area contributed by atoms with Crippen LogP contribution in [-0.2, 0) is 10.2 Å². The van der Waals surface area contributed by atoms with E-state index in [1.54, 1.807) is 26.2 Å². The third-order valence-electron chi connectivity index (χ3n) is 3.29. The van der Waals surface area contributed by atoms with Gasteiger partial charge in [0.15, 0.2) is 0 Å². The van der Waals surface area contributed by atoms with Crippen molar-refractivity contribution >= 4 is 39.1 Å². The summed E-state index contributed by atoms with van der Waals surface area (Å²) in [5, 5.41) is 1.02. The molecule has 5 nitrogen and oxygen atoms in total. The van der Waals surface area contributed by atoms with E-state index >= 15 is 0 Å². The first-order chi connectivity index (χ1) is 9.32. The molecule has 0 spiro atoms. The first-order valence-corrected chi connectivity index (χ1v) is 8.35. The number of rotatable bonds is 3. The van der Waals surface area contributed by atoms with E-state index in [9.17, 15) is 8.42 Å². The predicted molar refractivity (Wildman–Crippen MR) is 82.9 cm³/mol. The van der Waals surface area contributed by atoms with E-state index < -0.39 is 10.2 Å². The van der Waals surface area contributed by atoms with Gasteiger partial charge in [-0.2, -0.15) is 17.0 Å². The minimum absolute atomic E-state index is 0.459. The fraction of sp³-hybridized carbons (Fsp3) is 0.500. The maximum absolute atomic E-state index is 12.0. The molecule has 0 unspecified atom stereocenters. The molecule has 20 heavy (non-hydrogen) atoms. The fourth-order valence-corrected chi connectivity index (χ4v) is 3.47. The molecule has 0 saturated carbocycles. The lowest BCUT2D eigenvalue weighted by atomic mass is 10.2. The number of benzene rings is 1. The average molecular weight is 338 g/mol. The molecule has 1 saturated heterocycles. The fourth-order valence-electron chi connectivity index (χ4n) is 2.09. The minimum Gasteiger partial charge on any atom is -0.369 e. The van der Waals surface area contributed by atoms with E-state index in [1.807, 2.05) is 6.07 Å². The van der Waals surface area contributed by atoms with Crippen LogP contribution in [0.4, 0.5) is 5.69 Å². The van der Waals surface area contributed by atoms with E-state index in [0.717, 1.165) is 5.69 Å². The number of anilines is 1. The molecule has 0 amide bonds. The van der Waals surface area contributed by atoms with Crippen LogP contribution in [0.25, 0.3) is 0 Å². The number of nitrogens with zero attached hydrogens (tertiary/aromatic N) is 3. The Morgan fingerprint density at radius 3 is 2.15 bits per heavy atom. The molecule has 1 heterocycles. The third kappa shape index (κ3) is 3.20. The number of halogens is 2. The molecule has 0 atom stereocenters. The van der Waals surface area contributed by atoms with Crippen molar-refractivity contribution in [3.8, 4) is 0 Å². The van der Waals surface area contributed by atoms with Crippen molar-refractivity contribution in [1.82, 2.24) is 8.61 Å². The molecular weight excluding hydrogens is 321 g/mol. The lowest BCUT2D eigenvalue weighted by molar-refractivity contribution is 0.355. The lowest BCUT2D eigenvalue weighted by Crippen LogP contribution is -2.51. The van der Waals surface area contributed by atoms with Crippen LogP contribution in [0.3, 0.4) is 0 Å². The van der Waals surface area contributed by atoms with Gasteiger partial charge in [0.2, 0.25) is 0 Å². The number of hydrogen-bond acceptors (Lipinski definition) is 3.